The molecule has 1 unspecified atom stereocenters. The van der Waals surface area contributed by atoms with E-state index in [2.05, 4.69) is 5.32 Å². The Kier molecular flexibility index (Phi) is 3.33. The van der Waals surface area contributed by atoms with Crippen LogP contribution < -0.4 is 10.1 Å². The molecule has 1 saturated heterocycles. The van der Waals surface area contributed by atoms with Crippen LogP contribution in [0.2, 0.25) is 0 Å². The fraction of sp³-hybridized carbons (Fsp3) is 0.462. The van der Waals surface area contributed by atoms with Crippen molar-refractivity contribution >= 4 is 5.97 Å². The lowest BCUT2D eigenvalue weighted by Crippen LogP contribution is -2.52. The van der Waals surface area contributed by atoms with Crippen LogP contribution in [0, 0.1) is 0 Å². The van der Waals surface area contributed by atoms with Crippen LogP contribution in [-0.2, 0) is 10.3 Å². The number of methoxy groups -OCH3 is 1. The summed E-state index contributed by atoms with van der Waals surface area (Å²) >= 11 is 0. The highest BCUT2D eigenvalue weighted by molar-refractivity contribution is 5.82. The Bertz CT molecular complexity index is 411. The normalized spacial score (nSPS) is 24.3. The zero-order valence-corrected chi connectivity index (χ0v) is 9.90. The molecule has 2 rings (SSSR count). The van der Waals surface area contributed by atoms with Crippen LogP contribution in [0.25, 0.3) is 0 Å². The van der Waals surface area contributed by atoms with Gasteiger partial charge in [0, 0.05) is 5.56 Å². The van der Waals surface area contributed by atoms with E-state index < -0.39 is 11.5 Å². The van der Waals surface area contributed by atoms with Crippen molar-refractivity contribution in [2.24, 2.45) is 0 Å². The molecule has 1 atom stereocenters. The number of carboxylic acid groups (broad SMARTS) is 1. The van der Waals surface area contributed by atoms with E-state index in [0.717, 1.165) is 24.9 Å². The highest BCUT2D eigenvalue weighted by Crippen LogP contribution is 2.36. The molecule has 0 bridgehead atoms. The van der Waals surface area contributed by atoms with Crippen LogP contribution in [0.4, 0.5) is 0 Å². The number of rotatable bonds is 3. The molecule has 17 heavy (non-hydrogen) atoms. The largest absolute Gasteiger partial charge is 0.496 e. The molecule has 1 aliphatic heterocycles. The molecule has 1 fully saturated rings. The number of nitrogens with one attached hydrogen (secondary N) is 1. The number of piperidine rings is 1. The maximum Gasteiger partial charge on any atom is 0.328 e. The first-order valence-electron chi connectivity index (χ1n) is 5.82. The van der Waals surface area contributed by atoms with Crippen LogP contribution in [0.15, 0.2) is 24.3 Å². The number of ether oxygens (including phenoxy) is 1. The second-order valence-electron chi connectivity index (χ2n) is 4.29. The second-order valence-corrected chi connectivity index (χ2v) is 4.29. The Hall–Kier alpha value is -1.55. The number of carbonyl (C=O) groups is 1. The monoisotopic (exact) mass is 235 g/mol. The Labute approximate surface area is 101 Å². The minimum atomic E-state index is -0.995. The molecular weight excluding hydrogens is 218 g/mol. The maximum absolute atomic E-state index is 11.6. The third-order valence-corrected chi connectivity index (χ3v) is 3.34. The van der Waals surface area contributed by atoms with Crippen molar-refractivity contribution in [2.75, 3.05) is 13.7 Å². The topological polar surface area (TPSA) is 58.6 Å². The van der Waals surface area contributed by atoms with E-state index in [1.165, 1.54) is 0 Å². The van der Waals surface area contributed by atoms with Crippen molar-refractivity contribution in [3.05, 3.63) is 29.8 Å². The molecule has 0 amide bonds. The molecule has 1 aromatic rings. The van der Waals surface area contributed by atoms with Gasteiger partial charge in [0.05, 0.1) is 7.11 Å². The highest BCUT2D eigenvalue weighted by Gasteiger charge is 2.43. The van der Waals surface area contributed by atoms with Gasteiger partial charge in [0.2, 0.25) is 0 Å². The van der Waals surface area contributed by atoms with Gasteiger partial charge >= 0.3 is 5.97 Å². The van der Waals surface area contributed by atoms with E-state index in [4.69, 9.17) is 4.74 Å². The number of hydrogen-bond acceptors (Lipinski definition) is 3. The second kappa shape index (κ2) is 4.75. The molecule has 92 valence electrons. The summed E-state index contributed by atoms with van der Waals surface area (Å²) in [4.78, 5) is 11.6. The molecule has 1 aromatic carbocycles. The van der Waals surface area contributed by atoms with Crippen molar-refractivity contribution in [2.45, 2.75) is 24.8 Å². The van der Waals surface area contributed by atoms with E-state index in [1.807, 2.05) is 18.2 Å². The Morgan fingerprint density at radius 1 is 1.41 bits per heavy atom. The minimum Gasteiger partial charge on any atom is -0.496 e. The van der Waals surface area contributed by atoms with Gasteiger partial charge in [-0.05, 0) is 31.9 Å². The Balaban J connectivity index is 2.48. The van der Waals surface area contributed by atoms with Gasteiger partial charge < -0.3 is 9.84 Å². The van der Waals surface area contributed by atoms with E-state index in [0.29, 0.717) is 12.2 Å². The fourth-order valence-electron chi connectivity index (χ4n) is 2.43. The number of benzene rings is 1. The molecule has 0 radical (unpaired) electrons. The van der Waals surface area contributed by atoms with Crippen LogP contribution in [-0.4, -0.2) is 24.7 Å². The summed E-state index contributed by atoms with van der Waals surface area (Å²) in [5.41, 5.74) is -0.278. The van der Waals surface area contributed by atoms with Gasteiger partial charge in [-0.1, -0.05) is 18.2 Å². The zero-order valence-electron chi connectivity index (χ0n) is 9.90. The smallest absolute Gasteiger partial charge is 0.328 e. The zero-order chi connectivity index (χ0) is 12.3. The standard InChI is InChI=1S/C13H17NO3/c1-17-11-7-3-2-6-10(11)13(12(15)16)8-4-5-9-14-13/h2-3,6-7,14H,4-5,8-9H2,1H3,(H,15,16). The highest BCUT2D eigenvalue weighted by atomic mass is 16.5. The SMILES string of the molecule is COc1ccccc1C1(C(=O)O)CCCCN1. The molecule has 2 N–H and O–H groups in total. The van der Waals surface area contributed by atoms with E-state index in [9.17, 15) is 9.90 Å². The van der Waals surface area contributed by atoms with Crippen LogP contribution in [0.1, 0.15) is 24.8 Å². The van der Waals surface area contributed by atoms with Gasteiger partial charge in [0.1, 0.15) is 11.3 Å². The maximum atomic E-state index is 11.6. The number of para-hydroxylation sites is 1. The summed E-state index contributed by atoms with van der Waals surface area (Å²) in [5, 5.41) is 12.7. The van der Waals surface area contributed by atoms with Gasteiger partial charge in [-0.15, -0.1) is 0 Å². The van der Waals surface area contributed by atoms with Gasteiger partial charge in [0.15, 0.2) is 0 Å². The molecule has 4 heteroatoms. The number of hydrogen-bond donors (Lipinski definition) is 2. The summed E-state index contributed by atoms with van der Waals surface area (Å²) in [6.07, 6.45) is 2.53. The molecule has 0 saturated carbocycles. The van der Waals surface area contributed by atoms with Gasteiger partial charge in [-0.2, -0.15) is 0 Å². The Morgan fingerprint density at radius 2 is 2.18 bits per heavy atom. The Morgan fingerprint density at radius 3 is 2.76 bits per heavy atom. The first kappa shape index (κ1) is 11.9. The predicted molar refractivity (Wildman–Crippen MR) is 64.2 cm³/mol. The molecule has 0 spiro atoms. The van der Waals surface area contributed by atoms with Crippen LogP contribution in [0.5, 0.6) is 5.75 Å². The summed E-state index contributed by atoms with van der Waals surface area (Å²) in [6, 6.07) is 7.32. The summed E-state index contributed by atoms with van der Waals surface area (Å²) < 4.78 is 5.27. The fourth-order valence-corrected chi connectivity index (χ4v) is 2.43. The molecule has 0 aliphatic carbocycles. The quantitative estimate of drug-likeness (QED) is 0.838. The van der Waals surface area contributed by atoms with Crippen molar-refractivity contribution in [3.63, 3.8) is 0 Å². The summed E-state index contributed by atoms with van der Waals surface area (Å²) in [6.45, 7) is 0.727. The predicted octanol–water partition coefficient (Wildman–Crippen LogP) is 1.75. The van der Waals surface area contributed by atoms with Crippen molar-refractivity contribution in [1.82, 2.24) is 5.32 Å². The average molecular weight is 235 g/mol. The molecule has 4 nitrogen and oxygen atoms in total. The molecule has 1 heterocycles. The van der Waals surface area contributed by atoms with Crippen molar-refractivity contribution < 1.29 is 14.6 Å². The van der Waals surface area contributed by atoms with Gasteiger partial charge in [-0.25, -0.2) is 4.79 Å². The summed E-state index contributed by atoms with van der Waals surface area (Å²) in [7, 11) is 1.57. The van der Waals surface area contributed by atoms with Gasteiger partial charge in [-0.3, -0.25) is 5.32 Å². The van der Waals surface area contributed by atoms with Crippen molar-refractivity contribution in [1.29, 1.82) is 0 Å². The van der Waals surface area contributed by atoms with E-state index >= 15 is 0 Å². The lowest BCUT2D eigenvalue weighted by Gasteiger charge is -2.35. The van der Waals surface area contributed by atoms with E-state index in [-0.39, 0.29) is 0 Å². The number of aliphatic carboxylic acids is 1. The molecule has 0 aromatic heterocycles. The van der Waals surface area contributed by atoms with E-state index in [1.54, 1.807) is 13.2 Å². The third kappa shape index (κ3) is 2.00. The summed E-state index contributed by atoms with van der Waals surface area (Å²) in [5.74, 6) is -0.203. The lowest BCUT2D eigenvalue weighted by atomic mass is 9.82. The molecular formula is C13H17NO3. The first-order chi connectivity index (χ1) is 8.20. The van der Waals surface area contributed by atoms with Crippen LogP contribution >= 0.6 is 0 Å². The lowest BCUT2D eigenvalue weighted by molar-refractivity contribution is -0.146. The van der Waals surface area contributed by atoms with Crippen LogP contribution in [0.3, 0.4) is 0 Å². The number of carboxylic acids is 1. The molecule has 1 aliphatic rings. The first-order valence-corrected chi connectivity index (χ1v) is 5.82. The van der Waals surface area contributed by atoms with Crippen molar-refractivity contribution in [3.8, 4) is 5.75 Å². The third-order valence-electron chi connectivity index (χ3n) is 3.34. The average Bonchev–Trinajstić information content (AvgIpc) is 2.39. The van der Waals surface area contributed by atoms with Gasteiger partial charge in [0.25, 0.3) is 0 Å². The minimum absolute atomic E-state index is 0.600.